The van der Waals surface area contributed by atoms with Crippen LogP contribution >= 0.6 is 0 Å². The van der Waals surface area contributed by atoms with Crippen LogP contribution in [0, 0.1) is 5.82 Å². The molecule has 1 unspecified atom stereocenters. The fourth-order valence-electron chi connectivity index (χ4n) is 3.58. The average Bonchev–Trinajstić information content (AvgIpc) is 2.72. The first-order valence-electron chi connectivity index (χ1n) is 10.3. The van der Waals surface area contributed by atoms with Crippen LogP contribution in [0.15, 0.2) is 48.5 Å². The van der Waals surface area contributed by atoms with E-state index < -0.39 is 6.10 Å². The highest BCUT2D eigenvalue weighted by molar-refractivity contribution is 5.33. The molecule has 5 heteroatoms. The Hall–Kier alpha value is -1.95. The number of hydrogen-bond donors (Lipinski definition) is 2. The second kappa shape index (κ2) is 11.1. The normalized spacial score (nSPS) is 16.1. The highest BCUT2D eigenvalue weighted by atomic mass is 19.1. The predicted octanol–water partition coefficient (Wildman–Crippen LogP) is 3.38. The first-order chi connectivity index (χ1) is 13.7. The Morgan fingerprint density at radius 2 is 1.79 bits per heavy atom. The van der Waals surface area contributed by atoms with E-state index in [0.717, 1.165) is 42.9 Å². The van der Waals surface area contributed by atoms with Crippen LogP contribution in [0.1, 0.15) is 30.4 Å². The standard InChI is InChI=1S/C23H31FN2O2/c24-21-10-8-19(9-11-21)12-13-25-16-20-6-2-3-7-23(20)28-18-22(27)17-26-14-4-1-5-15-26/h2-3,6-11,22,25,27H,1,4-5,12-18H2. The Kier molecular flexibility index (Phi) is 8.27. The van der Waals surface area contributed by atoms with Gasteiger partial charge < -0.3 is 20.1 Å². The second-order valence-corrected chi connectivity index (χ2v) is 7.49. The van der Waals surface area contributed by atoms with Crippen molar-refractivity contribution in [3.8, 4) is 5.75 Å². The number of aliphatic hydroxyl groups excluding tert-OH is 1. The van der Waals surface area contributed by atoms with Crippen molar-refractivity contribution in [2.45, 2.75) is 38.3 Å². The third-order valence-corrected chi connectivity index (χ3v) is 5.14. The van der Waals surface area contributed by atoms with Gasteiger partial charge in [-0.25, -0.2) is 4.39 Å². The average molecular weight is 387 g/mol. The molecule has 2 N–H and O–H groups in total. The predicted molar refractivity (Wildman–Crippen MR) is 110 cm³/mol. The number of piperidine rings is 1. The van der Waals surface area contributed by atoms with Crippen LogP contribution in [0.5, 0.6) is 5.75 Å². The SMILES string of the molecule is OC(COc1ccccc1CNCCc1ccc(F)cc1)CN1CCCCC1. The smallest absolute Gasteiger partial charge is 0.123 e. The topological polar surface area (TPSA) is 44.7 Å². The van der Waals surface area contributed by atoms with Gasteiger partial charge in [0.25, 0.3) is 0 Å². The van der Waals surface area contributed by atoms with Crippen molar-refractivity contribution in [3.05, 3.63) is 65.5 Å². The van der Waals surface area contributed by atoms with E-state index >= 15 is 0 Å². The lowest BCUT2D eigenvalue weighted by Crippen LogP contribution is -2.38. The quantitative estimate of drug-likeness (QED) is 0.615. The molecule has 1 heterocycles. The Balaban J connectivity index is 1.41. The number of halogens is 1. The Morgan fingerprint density at radius 3 is 2.57 bits per heavy atom. The maximum atomic E-state index is 13.0. The summed E-state index contributed by atoms with van der Waals surface area (Å²) in [6.07, 6.45) is 4.11. The molecule has 4 nitrogen and oxygen atoms in total. The summed E-state index contributed by atoms with van der Waals surface area (Å²) in [5.41, 5.74) is 2.19. The highest BCUT2D eigenvalue weighted by Crippen LogP contribution is 2.18. The van der Waals surface area contributed by atoms with E-state index in [9.17, 15) is 9.50 Å². The van der Waals surface area contributed by atoms with Crippen molar-refractivity contribution in [3.63, 3.8) is 0 Å². The molecule has 1 aliphatic rings. The first kappa shape index (κ1) is 20.8. The molecule has 1 atom stereocenters. The minimum atomic E-state index is -0.474. The van der Waals surface area contributed by atoms with Crippen LogP contribution in [-0.2, 0) is 13.0 Å². The minimum absolute atomic E-state index is 0.203. The molecular formula is C23H31FN2O2. The zero-order valence-electron chi connectivity index (χ0n) is 16.4. The van der Waals surface area contributed by atoms with Gasteiger partial charge in [0.05, 0.1) is 0 Å². The van der Waals surface area contributed by atoms with E-state index in [0.29, 0.717) is 19.7 Å². The van der Waals surface area contributed by atoms with Crippen LogP contribution in [-0.4, -0.2) is 48.9 Å². The maximum Gasteiger partial charge on any atom is 0.123 e. The number of hydrogen-bond acceptors (Lipinski definition) is 4. The summed E-state index contributed by atoms with van der Waals surface area (Å²) in [6, 6.07) is 14.6. The zero-order valence-corrected chi connectivity index (χ0v) is 16.4. The lowest BCUT2D eigenvalue weighted by Gasteiger charge is -2.28. The molecular weight excluding hydrogens is 355 g/mol. The van der Waals surface area contributed by atoms with Gasteiger partial charge in [-0.05, 0) is 62.7 Å². The molecule has 152 valence electrons. The number of para-hydroxylation sites is 1. The Labute approximate surface area is 167 Å². The van der Waals surface area contributed by atoms with Gasteiger partial charge in [-0.3, -0.25) is 0 Å². The van der Waals surface area contributed by atoms with Gasteiger partial charge in [0.1, 0.15) is 24.3 Å². The fraction of sp³-hybridized carbons (Fsp3) is 0.478. The molecule has 0 spiro atoms. The van der Waals surface area contributed by atoms with Crippen LogP contribution in [0.2, 0.25) is 0 Å². The number of ether oxygens (including phenoxy) is 1. The lowest BCUT2D eigenvalue weighted by molar-refractivity contribution is 0.0614. The van der Waals surface area contributed by atoms with Gasteiger partial charge in [-0.1, -0.05) is 36.8 Å². The van der Waals surface area contributed by atoms with Crippen LogP contribution in [0.4, 0.5) is 4.39 Å². The lowest BCUT2D eigenvalue weighted by atomic mass is 10.1. The van der Waals surface area contributed by atoms with Crippen molar-refractivity contribution in [2.24, 2.45) is 0 Å². The number of nitrogens with one attached hydrogen (secondary N) is 1. The Morgan fingerprint density at radius 1 is 1.04 bits per heavy atom. The summed E-state index contributed by atoms with van der Waals surface area (Å²) in [7, 11) is 0. The minimum Gasteiger partial charge on any atom is -0.491 e. The molecule has 2 aromatic carbocycles. The zero-order chi connectivity index (χ0) is 19.6. The van der Waals surface area contributed by atoms with Crippen LogP contribution in [0.3, 0.4) is 0 Å². The van der Waals surface area contributed by atoms with E-state index in [4.69, 9.17) is 4.74 Å². The number of β-amino-alcohol motifs (C(OH)–C–C–N with tert-alkyl or cyclic N) is 1. The molecule has 0 aliphatic carbocycles. The summed E-state index contributed by atoms with van der Waals surface area (Å²) in [6.45, 7) is 4.63. The summed E-state index contributed by atoms with van der Waals surface area (Å²) in [4.78, 5) is 2.32. The summed E-state index contributed by atoms with van der Waals surface area (Å²) in [5.74, 6) is 0.611. The molecule has 0 aromatic heterocycles. The molecule has 2 aromatic rings. The molecule has 0 amide bonds. The second-order valence-electron chi connectivity index (χ2n) is 7.49. The Bertz CT molecular complexity index is 702. The fourth-order valence-corrected chi connectivity index (χ4v) is 3.58. The monoisotopic (exact) mass is 386 g/mol. The summed E-state index contributed by atoms with van der Waals surface area (Å²) >= 11 is 0. The van der Waals surface area contributed by atoms with Crippen molar-refractivity contribution in [1.29, 1.82) is 0 Å². The van der Waals surface area contributed by atoms with Gasteiger partial charge in [-0.2, -0.15) is 0 Å². The molecule has 0 radical (unpaired) electrons. The van der Waals surface area contributed by atoms with Crippen molar-refractivity contribution in [2.75, 3.05) is 32.8 Å². The number of likely N-dealkylation sites (tertiary alicyclic amines) is 1. The molecule has 3 rings (SSSR count). The van der Waals surface area contributed by atoms with E-state index in [1.807, 2.05) is 36.4 Å². The third-order valence-electron chi connectivity index (χ3n) is 5.14. The first-order valence-corrected chi connectivity index (χ1v) is 10.3. The largest absolute Gasteiger partial charge is 0.491 e. The van der Waals surface area contributed by atoms with Crippen LogP contribution < -0.4 is 10.1 Å². The maximum absolute atomic E-state index is 13.0. The molecule has 1 fully saturated rings. The van der Waals surface area contributed by atoms with Gasteiger partial charge in [0.2, 0.25) is 0 Å². The summed E-state index contributed by atoms with van der Waals surface area (Å²) < 4.78 is 18.9. The third kappa shape index (κ3) is 6.89. The number of benzene rings is 2. The van der Waals surface area contributed by atoms with Crippen molar-refractivity contribution >= 4 is 0 Å². The molecule has 0 saturated carbocycles. The van der Waals surface area contributed by atoms with E-state index in [-0.39, 0.29) is 5.82 Å². The van der Waals surface area contributed by atoms with Gasteiger partial charge >= 0.3 is 0 Å². The van der Waals surface area contributed by atoms with Crippen molar-refractivity contribution < 1.29 is 14.2 Å². The molecule has 1 aliphatic heterocycles. The highest BCUT2D eigenvalue weighted by Gasteiger charge is 2.15. The van der Waals surface area contributed by atoms with Crippen LogP contribution in [0.25, 0.3) is 0 Å². The van der Waals surface area contributed by atoms with Gasteiger partial charge in [0.15, 0.2) is 0 Å². The van der Waals surface area contributed by atoms with E-state index in [1.54, 1.807) is 0 Å². The molecule has 0 bridgehead atoms. The van der Waals surface area contributed by atoms with E-state index in [2.05, 4.69) is 10.2 Å². The summed E-state index contributed by atoms with van der Waals surface area (Å²) in [5, 5.41) is 13.7. The molecule has 28 heavy (non-hydrogen) atoms. The van der Waals surface area contributed by atoms with E-state index in [1.165, 1.54) is 31.4 Å². The number of rotatable bonds is 10. The van der Waals surface area contributed by atoms with Crippen molar-refractivity contribution in [1.82, 2.24) is 10.2 Å². The number of aliphatic hydroxyl groups is 1. The van der Waals surface area contributed by atoms with Gasteiger partial charge in [-0.15, -0.1) is 0 Å². The van der Waals surface area contributed by atoms with Gasteiger partial charge in [0, 0.05) is 18.7 Å². The number of nitrogens with zero attached hydrogens (tertiary/aromatic N) is 1. The molecule has 1 saturated heterocycles.